The van der Waals surface area contributed by atoms with Crippen molar-refractivity contribution in [1.82, 2.24) is 15.5 Å². The van der Waals surface area contributed by atoms with E-state index in [1.165, 1.54) is 23.3 Å². The highest BCUT2D eigenvalue weighted by molar-refractivity contribution is 14.0. The van der Waals surface area contributed by atoms with E-state index in [0.717, 1.165) is 63.9 Å². The monoisotopic (exact) mass is 526 g/mol. The molecule has 164 valence electrons. The summed E-state index contributed by atoms with van der Waals surface area (Å²) in [4.78, 5) is 7.20. The van der Waals surface area contributed by atoms with Gasteiger partial charge in [-0.25, -0.2) is 9.38 Å². The maximum absolute atomic E-state index is 13.0. The third kappa shape index (κ3) is 8.20. The van der Waals surface area contributed by atoms with Gasteiger partial charge in [-0.1, -0.05) is 36.4 Å². The molecule has 7 heteroatoms. The fourth-order valence-electron chi connectivity index (χ4n) is 3.35. The quantitative estimate of drug-likeness (QED) is 0.314. The van der Waals surface area contributed by atoms with E-state index in [4.69, 9.17) is 9.73 Å². The molecule has 0 bridgehead atoms. The van der Waals surface area contributed by atoms with E-state index < -0.39 is 0 Å². The number of halogens is 2. The van der Waals surface area contributed by atoms with E-state index in [1.54, 1.807) is 0 Å². The second-order valence-electron chi connectivity index (χ2n) is 7.16. The largest absolute Gasteiger partial charge is 0.379 e. The van der Waals surface area contributed by atoms with Gasteiger partial charge in [-0.3, -0.25) is 4.90 Å². The van der Waals surface area contributed by atoms with Crippen molar-refractivity contribution in [1.29, 1.82) is 0 Å². The summed E-state index contributed by atoms with van der Waals surface area (Å²) >= 11 is 0. The predicted octanol–water partition coefficient (Wildman–Crippen LogP) is 3.57. The topological polar surface area (TPSA) is 48.9 Å². The number of guanidine groups is 1. The first-order valence-electron chi connectivity index (χ1n) is 10.4. The highest BCUT2D eigenvalue weighted by atomic mass is 127. The lowest BCUT2D eigenvalue weighted by Gasteiger charge is -2.27. The minimum absolute atomic E-state index is 0. The maximum Gasteiger partial charge on any atom is 0.191 e. The zero-order valence-electron chi connectivity index (χ0n) is 17.6. The Labute approximate surface area is 196 Å². The lowest BCUT2D eigenvalue weighted by atomic mass is 10.1. The molecular weight excluding hydrogens is 494 g/mol. The molecule has 5 nitrogen and oxygen atoms in total. The van der Waals surface area contributed by atoms with Crippen molar-refractivity contribution in [3.8, 4) is 0 Å². The van der Waals surface area contributed by atoms with Crippen LogP contribution in [0.2, 0.25) is 0 Å². The molecular formula is C23H32FIN4O. The fraction of sp³-hybridized carbons (Fsp3) is 0.435. The van der Waals surface area contributed by atoms with Crippen molar-refractivity contribution in [3.05, 3.63) is 71.0 Å². The Bertz CT molecular complexity index is 779. The van der Waals surface area contributed by atoms with Gasteiger partial charge in [0.05, 0.1) is 19.8 Å². The standard InChI is InChI=1S/C23H31FN4O.HI/c1-2-25-23(26-12-11-19-7-9-22(24)10-8-19)27-17-20-5-3-4-6-21(20)18-28-13-15-29-16-14-28;/h3-10H,2,11-18H2,1H3,(H2,25,26,27);1H. The lowest BCUT2D eigenvalue weighted by Crippen LogP contribution is -2.38. The van der Waals surface area contributed by atoms with Crippen LogP contribution >= 0.6 is 24.0 Å². The molecule has 0 radical (unpaired) electrons. The van der Waals surface area contributed by atoms with Gasteiger partial charge in [0.25, 0.3) is 0 Å². The number of nitrogens with one attached hydrogen (secondary N) is 2. The van der Waals surface area contributed by atoms with Crippen LogP contribution in [-0.4, -0.2) is 50.3 Å². The van der Waals surface area contributed by atoms with E-state index in [9.17, 15) is 4.39 Å². The molecule has 0 aliphatic carbocycles. The Balaban J connectivity index is 0.00000320. The Kier molecular flexibility index (Phi) is 11.1. The summed E-state index contributed by atoms with van der Waals surface area (Å²) in [6, 6.07) is 15.2. The van der Waals surface area contributed by atoms with Crippen LogP contribution in [-0.2, 0) is 24.2 Å². The third-order valence-corrected chi connectivity index (χ3v) is 4.99. The van der Waals surface area contributed by atoms with E-state index in [1.807, 2.05) is 12.1 Å². The molecule has 1 saturated heterocycles. The lowest BCUT2D eigenvalue weighted by molar-refractivity contribution is 0.0341. The van der Waals surface area contributed by atoms with Gasteiger partial charge in [0.1, 0.15) is 5.82 Å². The van der Waals surface area contributed by atoms with E-state index in [-0.39, 0.29) is 29.8 Å². The van der Waals surface area contributed by atoms with Crippen LogP contribution in [0.15, 0.2) is 53.5 Å². The van der Waals surface area contributed by atoms with Crippen molar-refractivity contribution in [2.75, 3.05) is 39.4 Å². The van der Waals surface area contributed by atoms with Crippen molar-refractivity contribution in [2.24, 2.45) is 4.99 Å². The van der Waals surface area contributed by atoms with Crippen molar-refractivity contribution in [3.63, 3.8) is 0 Å². The summed E-state index contributed by atoms with van der Waals surface area (Å²) in [7, 11) is 0. The minimum Gasteiger partial charge on any atom is -0.379 e. The molecule has 1 aliphatic rings. The minimum atomic E-state index is -0.202. The molecule has 2 aromatic rings. The van der Waals surface area contributed by atoms with Gasteiger partial charge in [-0.2, -0.15) is 0 Å². The van der Waals surface area contributed by atoms with Gasteiger partial charge in [-0.05, 0) is 42.2 Å². The molecule has 3 rings (SSSR count). The van der Waals surface area contributed by atoms with Gasteiger partial charge < -0.3 is 15.4 Å². The number of benzene rings is 2. The van der Waals surface area contributed by atoms with Gasteiger partial charge in [0, 0.05) is 32.7 Å². The average molecular weight is 526 g/mol. The summed E-state index contributed by atoms with van der Waals surface area (Å²) in [5.41, 5.74) is 3.67. The number of aliphatic imine (C=N–C) groups is 1. The Morgan fingerprint density at radius 1 is 1.03 bits per heavy atom. The molecule has 30 heavy (non-hydrogen) atoms. The number of hydrogen-bond donors (Lipinski definition) is 2. The normalized spacial score (nSPS) is 14.8. The molecule has 1 aliphatic heterocycles. The number of morpholine rings is 1. The second kappa shape index (κ2) is 13.6. The number of ether oxygens (including phenoxy) is 1. The van der Waals surface area contributed by atoms with Crippen LogP contribution in [0.3, 0.4) is 0 Å². The SMILES string of the molecule is CCNC(=NCc1ccccc1CN1CCOCC1)NCCc1ccc(F)cc1.I. The molecule has 0 amide bonds. The van der Waals surface area contributed by atoms with E-state index >= 15 is 0 Å². The molecule has 0 aromatic heterocycles. The summed E-state index contributed by atoms with van der Waals surface area (Å²) in [5, 5.41) is 6.67. The van der Waals surface area contributed by atoms with Crippen LogP contribution in [0.4, 0.5) is 4.39 Å². The smallest absolute Gasteiger partial charge is 0.191 e. The van der Waals surface area contributed by atoms with Gasteiger partial charge >= 0.3 is 0 Å². The summed E-state index contributed by atoms with van der Waals surface area (Å²) < 4.78 is 18.5. The van der Waals surface area contributed by atoms with Crippen LogP contribution in [0.5, 0.6) is 0 Å². The highest BCUT2D eigenvalue weighted by Crippen LogP contribution is 2.14. The molecule has 2 aromatic carbocycles. The van der Waals surface area contributed by atoms with Crippen LogP contribution in [0.25, 0.3) is 0 Å². The Morgan fingerprint density at radius 3 is 2.43 bits per heavy atom. The zero-order chi connectivity index (χ0) is 20.3. The van der Waals surface area contributed by atoms with E-state index in [2.05, 4.69) is 46.7 Å². The molecule has 1 fully saturated rings. The van der Waals surface area contributed by atoms with Crippen molar-refractivity contribution >= 4 is 29.9 Å². The fourth-order valence-corrected chi connectivity index (χ4v) is 3.35. The molecule has 0 saturated carbocycles. The summed E-state index contributed by atoms with van der Waals surface area (Å²) in [6.07, 6.45) is 0.818. The average Bonchev–Trinajstić information content (AvgIpc) is 2.75. The first-order valence-corrected chi connectivity index (χ1v) is 10.4. The highest BCUT2D eigenvalue weighted by Gasteiger charge is 2.12. The Hall–Kier alpha value is -1.71. The van der Waals surface area contributed by atoms with Crippen LogP contribution in [0, 0.1) is 5.82 Å². The number of nitrogens with zero attached hydrogens (tertiary/aromatic N) is 2. The van der Waals surface area contributed by atoms with Gasteiger partial charge in [0.15, 0.2) is 5.96 Å². The number of rotatable bonds is 8. The van der Waals surface area contributed by atoms with Gasteiger partial charge in [0.2, 0.25) is 0 Å². The van der Waals surface area contributed by atoms with Crippen LogP contribution < -0.4 is 10.6 Å². The van der Waals surface area contributed by atoms with Crippen LogP contribution in [0.1, 0.15) is 23.6 Å². The molecule has 2 N–H and O–H groups in total. The zero-order valence-corrected chi connectivity index (χ0v) is 19.9. The number of hydrogen-bond acceptors (Lipinski definition) is 3. The predicted molar refractivity (Wildman–Crippen MR) is 131 cm³/mol. The Morgan fingerprint density at radius 2 is 1.73 bits per heavy atom. The molecule has 0 atom stereocenters. The summed E-state index contributed by atoms with van der Waals surface area (Å²) in [5.74, 6) is 0.600. The third-order valence-electron chi connectivity index (χ3n) is 4.99. The van der Waals surface area contributed by atoms with Crippen molar-refractivity contribution < 1.29 is 9.13 Å². The van der Waals surface area contributed by atoms with E-state index in [0.29, 0.717) is 6.54 Å². The van der Waals surface area contributed by atoms with Gasteiger partial charge in [-0.15, -0.1) is 24.0 Å². The molecule has 1 heterocycles. The maximum atomic E-state index is 13.0. The first-order chi connectivity index (χ1) is 14.2. The second-order valence-corrected chi connectivity index (χ2v) is 7.16. The van der Waals surface area contributed by atoms with Crippen molar-refractivity contribution in [2.45, 2.75) is 26.4 Å². The molecule has 0 spiro atoms. The first kappa shape index (κ1) is 24.6. The molecule has 0 unspecified atom stereocenters. The summed E-state index contributed by atoms with van der Waals surface area (Å²) in [6.45, 7) is 8.74.